The van der Waals surface area contributed by atoms with E-state index in [1.807, 2.05) is 0 Å². The Hall–Kier alpha value is -1.55. The second-order valence-electron chi connectivity index (χ2n) is 6.08. The zero-order valence-electron chi connectivity index (χ0n) is 13.3. The number of nitrogens with one attached hydrogen (secondary N) is 1. The fraction of sp³-hybridized carbons (Fsp3) is 0.588. The summed E-state index contributed by atoms with van der Waals surface area (Å²) in [5.41, 5.74) is 3.81. The summed E-state index contributed by atoms with van der Waals surface area (Å²) in [6, 6.07) is 4.99. The van der Waals surface area contributed by atoms with Gasteiger partial charge in [0, 0.05) is 25.0 Å². The Morgan fingerprint density at radius 3 is 2.86 bits per heavy atom. The average molecular weight is 286 g/mol. The van der Waals surface area contributed by atoms with Gasteiger partial charge in [-0.05, 0) is 56.8 Å². The van der Waals surface area contributed by atoms with E-state index in [2.05, 4.69) is 65.0 Å². The summed E-state index contributed by atoms with van der Waals surface area (Å²) >= 11 is 0. The van der Waals surface area contributed by atoms with Crippen molar-refractivity contribution in [2.75, 3.05) is 6.54 Å². The third kappa shape index (κ3) is 3.21. The largest absolute Gasteiger partial charge is 0.348 e. The highest BCUT2D eigenvalue weighted by atomic mass is 15.3. The van der Waals surface area contributed by atoms with Gasteiger partial charge in [-0.2, -0.15) is 5.10 Å². The van der Waals surface area contributed by atoms with Crippen molar-refractivity contribution < 1.29 is 0 Å². The van der Waals surface area contributed by atoms with Crippen molar-refractivity contribution in [1.29, 1.82) is 0 Å². The van der Waals surface area contributed by atoms with Gasteiger partial charge in [-0.15, -0.1) is 0 Å². The SMILES string of the molecule is CCNC(c1ccn(Cc2cc(C)nn2CC)c1)C1CC1. The van der Waals surface area contributed by atoms with Crippen LogP contribution in [-0.2, 0) is 13.1 Å². The minimum Gasteiger partial charge on any atom is -0.348 e. The average Bonchev–Trinajstić information content (AvgIpc) is 3.10. The Balaban J connectivity index is 1.75. The molecule has 0 radical (unpaired) electrons. The Morgan fingerprint density at radius 1 is 1.38 bits per heavy atom. The quantitative estimate of drug-likeness (QED) is 0.848. The highest BCUT2D eigenvalue weighted by molar-refractivity contribution is 5.20. The maximum atomic E-state index is 4.53. The van der Waals surface area contributed by atoms with E-state index in [1.165, 1.54) is 24.1 Å². The van der Waals surface area contributed by atoms with Gasteiger partial charge in [0.15, 0.2) is 0 Å². The molecule has 1 saturated carbocycles. The summed E-state index contributed by atoms with van der Waals surface area (Å²) in [5.74, 6) is 0.837. The first kappa shape index (κ1) is 14.4. The summed E-state index contributed by atoms with van der Waals surface area (Å²) in [5, 5.41) is 8.16. The third-order valence-electron chi connectivity index (χ3n) is 4.28. The van der Waals surface area contributed by atoms with Crippen LogP contribution in [0.2, 0.25) is 0 Å². The van der Waals surface area contributed by atoms with Crippen LogP contribution in [0, 0.1) is 12.8 Å². The normalized spacial score (nSPS) is 16.3. The second-order valence-corrected chi connectivity index (χ2v) is 6.08. The lowest BCUT2D eigenvalue weighted by atomic mass is 10.1. The highest BCUT2D eigenvalue weighted by Crippen LogP contribution is 2.41. The van der Waals surface area contributed by atoms with Crippen LogP contribution in [-0.4, -0.2) is 20.9 Å². The number of aromatic nitrogens is 3. The predicted molar refractivity (Wildman–Crippen MR) is 85.3 cm³/mol. The minimum absolute atomic E-state index is 0.536. The van der Waals surface area contributed by atoms with Crippen molar-refractivity contribution in [3.8, 4) is 0 Å². The number of rotatable bonds is 7. The van der Waals surface area contributed by atoms with Gasteiger partial charge in [0.1, 0.15) is 0 Å². The first-order valence-corrected chi connectivity index (χ1v) is 8.13. The molecule has 2 aromatic rings. The predicted octanol–water partition coefficient (Wildman–Crippen LogP) is 3.12. The van der Waals surface area contributed by atoms with E-state index in [1.54, 1.807) is 0 Å². The number of hydrogen-bond donors (Lipinski definition) is 1. The fourth-order valence-corrected chi connectivity index (χ4v) is 3.14. The van der Waals surface area contributed by atoms with Crippen molar-refractivity contribution in [2.45, 2.75) is 52.7 Å². The molecule has 2 heterocycles. The van der Waals surface area contributed by atoms with E-state index in [0.717, 1.165) is 31.2 Å². The molecule has 4 nitrogen and oxygen atoms in total. The topological polar surface area (TPSA) is 34.8 Å². The van der Waals surface area contributed by atoms with Gasteiger partial charge < -0.3 is 9.88 Å². The molecule has 3 rings (SSSR count). The molecule has 0 aliphatic heterocycles. The van der Waals surface area contributed by atoms with Crippen LogP contribution in [0.4, 0.5) is 0 Å². The highest BCUT2D eigenvalue weighted by Gasteiger charge is 2.32. The van der Waals surface area contributed by atoms with E-state index in [-0.39, 0.29) is 0 Å². The van der Waals surface area contributed by atoms with Gasteiger partial charge in [-0.3, -0.25) is 4.68 Å². The molecule has 1 aliphatic rings. The van der Waals surface area contributed by atoms with Crippen LogP contribution < -0.4 is 5.32 Å². The van der Waals surface area contributed by atoms with Crippen molar-refractivity contribution >= 4 is 0 Å². The third-order valence-corrected chi connectivity index (χ3v) is 4.28. The summed E-state index contributed by atoms with van der Waals surface area (Å²) in [6.07, 6.45) is 7.23. The van der Waals surface area contributed by atoms with Crippen molar-refractivity contribution in [1.82, 2.24) is 19.7 Å². The molecule has 4 heteroatoms. The van der Waals surface area contributed by atoms with E-state index < -0.39 is 0 Å². The van der Waals surface area contributed by atoms with E-state index >= 15 is 0 Å². The summed E-state index contributed by atoms with van der Waals surface area (Å²) < 4.78 is 4.38. The second kappa shape index (κ2) is 6.06. The Morgan fingerprint density at radius 2 is 2.19 bits per heavy atom. The van der Waals surface area contributed by atoms with E-state index in [4.69, 9.17) is 0 Å². The molecule has 0 bridgehead atoms. The monoisotopic (exact) mass is 286 g/mol. The molecule has 1 unspecified atom stereocenters. The summed E-state index contributed by atoms with van der Waals surface area (Å²) in [4.78, 5) is 0. The lowest BCUT2D eigenvalue weighted by Crippen LogP contribution is -2.22. The van der Waals surface area contributed by atoms with Gasteiger partial charge in [0.05, 0.1) is 17.9 Å². The molecular weight excluding hydrogens is 260 g/mol. The van der Waals surface area contributed by atoms with Crippen molar-refractivity contribution in [3.05, 3.63) is 41.5 Å². The molecular formula is C17H26N4. The van der Waals surface area contributed by atoms with E-state index in [9.17, 15) is 0 Å². The minimum atomic E-state index is 0.536. The van der Waals surface area contributed by atoms with E-state index in [0.29, 0.717) is 6.04 Å². The molecule has 2 aromatic heterocycles. The molecule has 1 atom stereocenters. The van der Waals surface area contributed by atoms with Crippen LogP contribution in [0.1, 0.15) is 49.7 Å². The van der Waals surface area contributed by atoms with Crippen LogP contribution >= 0.6 is 0 Å². The van der Waals surface area contributed by atoms with Gasteiger partial charge in [0.2, 0.25) is 0 Å². The first-order valence-electron chi connectivity index (χ1n) is 8.13. The van der Waals surface area contributed by atoms with Gasteiger partial charge in [0.25, 0.3) is 0 Å². The standard InChI is InChI=1S/C17H26N4/c1-4-18-17(14-6-7-14)15-8-9-20(11-15)12-16-10-13(3)19-21(16)5-2/h8-11,14,17-18H,4-7,12H2,1-3H3. The smallest absolute Gasteiger partial charge is 0.0639 e. The maximum absolute atomic E-state index is 4.53. The molecule has 0 amide bonds. The lowest BCUT2D eigenvalue weighted by Gasteiger charge is -2.15. The van der Waals surface area contributed by atoms with Gasteiger partial charge in [-0.25, -0.2) is 0 Å². The molecule has 1 aliphatic carbocycles. The molecule has 0 spiro atoms. The molecule has 1 fully saturated rings. The van der Waals surface area contributed by atoms with Crippen LogP contribution in [0.25, 0.3) is 0 Å². The zero-order valence-corrected chi connectivity index (χ0v) is 13.3. The molecule has 0 saturated heterocycles. The van der Waals surface area contributed by atoms with Crippen molar-refractivity contribution in [3.63, 3.8) is 0 Å². The zero-order chi connectivity index (χ0) is 14.8. The van der Waals surface area contributed by atoms with Crippen LogP contribution in [0.5, 0.6) is 0 Å². The van der Waals surface area contributed by atoms with Gasteiger partial charge >= 0.3 is 0 Å². The Kier molecular flexibility index (Phi) is 4.15. The molecule has 114 valence electrons. The van der Waals surface area contributed by atoms with Crippen LogP contribution in [0.15, 0.2) is 24.5 Å². The number of aryl methyl sites for hydroxylation is 2. The Bertz CT molecular complexity index is 592. The molecule has 1 N–H and O–H groups in total. The molecule has 21 heavy (non-hydrogen) atoms. The summed E-state index contributed by atoms with van der Waals surface area (Å²) in [7, 11) is 0. The fourth-order valence-electron chi connectivity index (χ4n) is 3.14. The molecule has 0 aromatic carbocycles. The number of hydrogen-bond acceptors (Lipinski definition) is 2. The van der Waals surface area contributed by atoms with Crippen molar-refractivity contribution in [2.24, 2.45) is 5.92 Å². The number of nitrogens with zero attached hydrogens (tertiary/aromatic N) is 3. The van der Waals surface area contributed by atoms with Crippen LogP contribution in [0.3, 0.4) is 0 Å². The Labute approximate surface area is 127 Å². The first-order chi connectivity index (χ1) is 10.2. The maximum Gasteiger partial charge on any atom is 0.0639 e. The summed E-state index contributed by atoms with van der Waals surface area (Å²) in [6.45, 7) is 9.26. The lowest BCUT2D eigenvalue weighted by molar-refractivity contribution is 0.495. The van der Waals surface area contributed by atoms with Gasteiger partial charge in [-0.1, -0.05) is 6.92 Å².